The topological polar surface area (TPSA) is 106 Å². The van der Waals surface area contributed by atoms with E-state index in [1.807, 2.05) is 0 Å². The summed E-state index contributed by atoms with van der Waals surface area (Å²) in [5.74, 6) is -2.04. The summed E-state index contributed by atoms with van der Waals surface area (Å²) in [6.07, 6.45) is -1.10. The number of carbonyl (C=O) groups excluding carboxylic acids is 3. The first-order valence-electron chi connectivity index (χ1n) is 8.17. The van der Waals surface area contributed by atoms with Crippen molar-refractivity contribution >= 4 is 17.7 Å². The van der Waals surface area contributed by atoms with Crippen molar-refractivity contribution in [3.63, 3.8) is 0 Å². The number of aromatic nitrogens is 1. The molecule has 0 radical (unpaired) electrons. The van der Waals surface area contributed by atoms with E-state index in [-0.39, 0.29) is 23.6 Å². The summed E-state index contributed by atoms with van der Waals surface area (Å²) in [6, 6.07) is 5.90. The highest BCUT2D eigenvalue weighted by Gasteiger charge is 2.28. The zero-order valence-corrected chi connectivity index (χ0v) is 15.1. The number of phenols is 1. The number of aryl methyl sites for hydroxylation is 1. The zero-order valence-electron chi connectivity index (χ0n) is 15.1. The second kappa shape index (κ2) is 7.86. The largest absolute Gasteiger partial charge is 0.507 e. The van der Waals surface area contributed by atoms with Crippen LogP contribution in [-0.4, -0.2) is 40.5 Å². The molecule has 0 saturated heterocycles. The van der Waals surface area contributed by atoms with Gasteiger partial charge >= 0.3 is 11.9 Å². The van der Waals surface area contributed by atoms with Crippen LogP contribution in [0.1, 0.15) is 56.3 Å². The van der Waals surface area contributed by atoms with Crippen molar-refractivity contribution in [1.82, 2.24) is 4.98 Å². The number of H-pyrrole nitrogens is 1. The maximum absolute atomic E-state index is 12.6. The molecule has 1 heterocycles. The molecule has 7 heteroatoms. The summed E-state index contributed by atoms with van der Waals surface area (Å²) in [7, 11) is 0. The number of aromatic hydroxyl groups is 1. The van der Waals surface area contributed by atoms with Crippen LogP contribution < -0.4 is 0 Å². The van der Waals surface area contributed by atoms with Gasteiger partial charge in [0.1, 0.15) is 11.3 Å². The zero-order chi connectivity index (χ0) is 19.4. The van der Waals surface area contributed by atoms with E-state index in [4.69, 9.17) is 9.47 Å². The van der Waals surface area contributed by atoms with Gasteiger partial charge < -0.3 is 19.6 Å². The van der Waals surface area contributed by atoms with Crippen LogP contribution in [0.25, 0.3) is 0 Å². The minimum absolute atomic E-state index is 0.0289. The van der Waals surface area contributed by atoms with Gasteiger partial charge in [0.25, 0.3) is 0 Å². The Hall–Kier alpha value is -3.09. The number of benzene rings is 1. The third kappa shape index (κ3) is 3.77. The Labute approximate surface area is 150 Å². The van der Waals surface area contributed by atoms with Gasteiger partial charge in [-0.3, -0.25) is 4.79 Å². The number of Topliss-reactive ketones (excluding diaryl/α,β-unsaturated/α-hetero) is 1. The summed E-state index contributed by atoms with van der Waals surface area (Å²) < 4.78 is 10.2. The monoisotopic (exact) mass is 359 g/mol. The van der Waals surface area contributed by atoms with Gasteiger partial charge in [-0.15, -0.1) is 0 Å². The van der Waals surface area contributed by atoms with Crippen LogP contribution in [0.15, 0.2) is 24.3 Å². The number of para-hydroxylation sites is 1. The number of rotatable bonds is 6. The highest BCUT2D eigenvalue weighted by molar-refractivity contribution is 6.04. The molecular formula is C19H21NO6. The molecule has 2 aromatic rings. The first-order chi connectivity index (χ1) is 12.3. The van der Waals surface area contributed by atoms with Gasteiger partial charge in [0.2, 0.25) is 5.78 Å². The van der Waals surface area contributed by atoms with Crippen molar-refractivity contribution in [2.45, 2.75) is 33.8 Å². The summed E-state index contributed by atoms with van der Waals surface area (Å²) in [5, 5.41) is 9.70. The molecule has 0 amide bonds. The summed E-state index contributed by atoms with van der Waals surface area (Å²) >= 11 is 0. The molecule has 1 aromatic carbocycles. The minimum atomic E-state index is -1.10. The Morgan fingerprint density at radius 3 is 2.42 bits per heavy atom. The van der Waals surface area contributed by atoms with Gasteiger partial charge in [0, 0.05) is 5.69 Å². The number of carbonyl (C=O) groups is 3. The molecule has 26 heavy (non-hydrogen) atoms. The van der Waals surface area contributed by atoms with Crippen LogP contribution in [0.2, 0.25) is 0 Å². The Bertz CT molecular complexity index is 852. The second-order valence-corrected chi connectivity index (χ2v) is 5.77. The number of phenolic OH excluding ortho intramolecular Hbond substituents is 1. The van der Waals surface area contributed by atoms with Gasteiger partial charge in [0.15, 0.2) is 6.10 Å². The Balaban J connectivity index is 2.21. The molecule has 0 fully saturated rings. The molecule has 1 atom stereocenters. The van der Waals surface area contributed by atoms with Crippen molar-refractivity contribution in [2.24, 2.45) is 0 Å². The molecule has 0 spiro atoms. The molecule has 1 aromatic heterocycles. The number of hydrogen-bond donors (Lipinski definition) is 2. The second-order valence-electron chi connectivity index (χ2n) is 5.77. The maximum atomic E-state index is 12.6. The fourth-order valence-electron chi connectivity index (χ4n) is 2.63. The standard InChI is InChI=1S/C19H21NO6/c1-5-25-19(24)15-10(2)16(20-11(15)3)17(22)12(4)26-18(23)13-8-6-7-9-14(13)21/h6-9,12,20-21H,5H2,1-4H3/t12-/m0/s1. The van der Waals surface area contributed by atoms with Crippen molar-refractivity contribution < 1.29 is 29.0 Å². The fraction of sp³-hybridized carbons (Fsp3) is 0.316. The summed E-state index contributed by atoms with van der Waals surface area (Å²) in [6.45, 7) is 6.64. The quantitative estimate of drug-likeness (QED) is 0.607. The number of esters is 2. The molecular weight excluding hydrogens is 338 g/mol. The van der Waals surface area contributed by atoms with Crippen LogP contribution in [-0.2, 0) is 9.47 Å². The normalized spacial score (nSPS) is 11.7. The van der Waals surface area contributed by atoms with E-state index in [9.17, 15) is 19.5 Å². The van der Waals surface area contributed by atoms with Crippen molar-refractivity contribution in [1.29, 1.82) is 0 Å². The average Bonchev–Trinajstić information content (AvgIpc) is 2.89. The van der Waals surface area contributed by atoms with E-state index in [0.717, 1.165) is 0 Å². The van der Waals surface area contributed by atoms with E-state index in [1.54, 1.807) is 32.9 Å². The van der Waals surface area contributed by atoms with E-state index < -0.39 is 23.8 Å². The van der Waals surface area contributed by atoms with Crippen LogP contribution in [0.4, 0.5) is 0 Å². The number of ketones is 1. The molecule has 0 unspecified atom stereocenters. The molecule has 138 valence electrons. The lowest BCUT2D eigenvalue weighted by molar-refractivity contribution is 0.0314. The molecule has 0 bridgehead atoms. The SMILES string of the molecule is CCOC(=O)c1c(C)[nH]c(C(=O)[C@H](C)OC(=O)c2ccccc2O)c1C. The molecule has 2 rings (SSSR count). The number of aromatic amines is 1. The molecule has 0 aliphatic heterocycles. The molecule has 0 saturated carbocycles. The summed E-state index contributed by atoms with van der Waals surface area (Å²) in [4.78, 5) is 39.7. The smallest absolute Gasteiger partial charge is 0.342 e. The Morgan fingerprint density at radius 1 is 1.15 bits per heavy atom. The van der Waals surface area contributed by atoms with Gasteiger partial charge in [-0.1, -0.05) is 12.1 Å². The van der Waals surface area contributed by atoms with Crippen molar-refractivity contribution in [3.8, 4) is 5.75 Å². The predicted molar refractivity (Wildman–Crippen MR) is 93.5 cm³/mol. The van der Waals surface area contributed by atoms with E-state index in [0.29, 0.717) is 16.8 Å². The van der Waals surface area contributed by atoms with Gasteiger partial charge in [-0.05, 0) is 45.4 Å². The highest BCUT2D eigenvalue weighted by atomic mass is 16.5. The third-order valence-electron chi connectivity index (χ3n) is 3.94. The Morgan fingerprint density at radius 2 is 1.81 bits per heavy atom. The van der Waals surface area contributed by atoms with Crippen molar-refractivity contribution in [3.05, 3.63) is 52.3 Å². The number of hydrogen-bond acceptors (Lipinski definition) is 6. The first kappa shape index (κ1) is 19.2. The van der Waals surface area contributed by atoms with Crippen LogP contribution in [0.5, 0.6) is 5.75 Å². The average molecular weight is 359 g/mol. The predicted octanol–water partition coefficient (Wildman–Crippen LogP) is 2.94. The lowest BCUT2D eigenvalue weighted by Crippen LogP contribution is -2.25. The van der Waals surface area contributed by atoms with E-state index in [1.165, 1.54) is 19.1 Å². The van der Waals surface area contributed by atoms with E-state index >= 15 is 0 Å². The van der Waals surface area contributed by atoms with Crippen LogP contribution in [0, 0.1) is 13.8 Å². The van der Waals surface area contributed by atoms with Gasteiger partial charge in [0.05, 0.1) is 17.9 Å². The molecule has 2 N–H and O–H groups in total. The van der Waals surface area contributed by atoms with Crippen molar-refractivity contribution in [2.75, 3.05) is 6.61 Å². The van der Waals surface area contributed by atoms with Crippen LogP contribution >= 0.6 is 0 Å². The number of nitrogens with one attached hydrogen (secondary N) is 1. The molecule has 0 aliphatic rings. The highest BCUT2D eigenvalue weighted by Crippen LogP contribution is 2.22. The lowest BCUT2D eigenvalue weighted by atomic mass is 10.1. The Kier molecular flexibility index (Phi) is 5.82. The summed E-state index contributed by atoms with van der Waals surface area (Å²) in [5.41, 5.74) is 1.40. The van der Waals surface area contributed by atoms with Gasteiger partial charge in [-0.2, -0.15) is 0 Å². The third-order valence-corrected chi connectivity index (χ3v) is 3.94. The van der Waals surface area contributed by atoms with Gasteiger partial charge in [-0.25, -0.2) is 9.59 Å². The molecule has 0 aliphatic carbocycles. The lowest BCUT2D eigenvalue weighted by Gasteiger charge is -2.13. The molecule has 7 nitrogen and oxygen atoms in total. The first-order valence-corrected chi connectivity index (χ1v) is 8.17. The number of ether oxygens (including phenoxy) is 2. The fourth-order valence-corrected chi connectivity index (χ4v) is 2.63. The maximum Gasteiger partial charge on any atom is 0.342 e. The van der Waals surface area contributed by atoms with Crippen LogP contribution in [0.3, 0.4) is 0 Å². The van der Waals surface area contributed by atoms with E-state index in [2.05, 4.69) is 4.98 Å². The minimum Gasteiger partial charge on any atom is -0.507 e.